The fourth-order valence-electron chi connectivity index (χ4n) is 1.04. The minimum absolute atomic E-state index is 0.286. The van der Waals surface area contributed by atoms with E-state index in [-0.39, 0.29) is 5.69 Å². The highest BCUT2D eigenvalue weighted by molar-refractivity contribution is 7.90. The maximum Gasteiger partial charge on any atom is 0.299 e. The molecule has 0 aliphatic heterocycles. The van der Waals surface area contributed by atoms with Gasteiger partial charge in [-0.3, -0.25) is 4.72 Å². The molecular weight excluding hydrogens is 250 g/mol. The number of benzene rings is 1. The van der Waals surface area contributed by atoms with Crippen molar-refractivity contribution in [3.05, 3.63) is 23.2 Å². The van der Waals surface area contributed by atoms with E-state index in [4.69, 9.17) is 17.3 Å². The van der Waals surface area contributed by atoms with Crippen molar-refractivity contribution < 1.29 is 8.42 Å². The van der Waals surface area contributed by atoms with E-state index in [9.17, 15) is 8.42 Å². The summed E-state index contributed by atoms with van der Waals surface area (Å²) in [6.45, 7) is 2.25. The second kappa shape index (κ2) is 5.38. The van der Waals surface area contributed by atoms with Crippen LogP contribution in [0.2, 0.25) is 5.02 Å². The van der Waals surface area contributed by atoms with Gasteiger partial charge in [-0.05, 0) is 24.6 Å². The van der Waals surface area contributed by atoms with Crippen molar-refractivity contribution >= 4 is 33.2 Å². The van der Waals surface area contributed by atoms with E-state index < -0.39 is 10.2 Å². The predicted molar refractivity (Wildman–Crippen MR) is 66.7 cm³/mol. The average molecular weight is 264 g/mol. The van der Waals surface area contributed by atoms with Crippen LogP contribution in [0, 0.1) is 0 Å². The summed E-state index contributed by atoms with van der Waals surface area (Å²) >= 11 is 5.70. The quantitative estimate of drug-likeness (QED) is 0.705. The van der Waals surface area contributed by atoms with Crippen LogP contribution in [-0.2, 0) is 10.2 Å². The fourth-order valence-corrected chi connectivity index (χ4v) is 2.24. The summed E-state index contributed by atoms with van der Waals surface area (Å²) in [4.78, 5) is 0. The molecule has 0 bridgehead atoms. The summed E-state index contributed by atoms with van der Waals surface area (Å²) in [6.07, 6.45) is 0.719. The molecule has 0 amide bonds. The Morgan fingerprint density at radius 3 is 2.69 bits per heavy atom. The van der Waals surface area contributed by atoms with E-state index in [1.54, 1.807) is 6.07 Å². The second-order valence-corrected chi connectivity index (χ2v) is 5.17. The lowest BCUT2D eigenvalue weighted by Gasteiger charge is -2.10. The summed E-state index contributed by atoms with van der Waals surface area (Å²) in [5.74, 6) is 0. The third-order valence-electron chi connectivity index (χ3n) is 1.80. The summed E-state index contributed by atoms with van der Waals surface area (Å²) in [5, 5.41) is 0.460. The van der Waals surface area contributed by atoms with Crippen LogP contribution in [-0.4, -0.2) is 15.0 Å². The number of halogens is 1. The van der Waals surface area contributed by atoms with Gasteiger partial charge >= 0.3 is 0 Å². The van der Waals surface area contributed by atoms with E-state index in [0.29, 0.717) is 17.3 Å². The maximum absolute atomic E-state index is 11.5. The van der Waals surface area contributed by atoms with Gasteiger partial charge in [0.1, 0.15) is 0 Å². The van der Waals surface area contributed by atoms with Crippen molar-refractivity contribution in [2.75, 3.05) is 17.0 Å². The van der Waals surface area contributed by atoms with E-state index in [0.717, 1.165) is 6.42 Å². The number of nitrogen functional groups attached to an aromatic ring is 1. The van der Waals surface area contributed by atoms with E-state index >= 15 is 0 Å². The van der Waals surface area contributed by atoms with Gasteiger partial charge < -0.3 is 5.73 Å². The molecule has 0 aliphatic rings. The third kappa shape index (κ3) is 3.88. The first kappa shape index (κ1) is 13.1. The van der Waals surface area contributed by atoms with Gasteiger partial charge in [-0.2, -0.15) is 13.1 Å². The maximum atomic E-state index is 11.5. The number of hydrogen-bond acceptors (Lipinski definition) is 3. The van der Waals surface area contributed by atoms with Crippen LogP contribution in [0.1, 0.15) is 13.3 Å². The van der Waals surface area contributed by atoms with Gasteiger partial charge in [0.25, 0.3) is 10.2 Å². The lowest BCUT2D eigenvalue weighted by molar-refractivity contribution is 0.586. The minimum atomic E-state index is -3.56. The van der Waals surface area contributed by atoms with Crippen molar-refractivity contribution in [3.8, 4) is 0 Å². The molecular formula is C9H14ClN3O2S. The number of nitrogens with one attached hydrogen (secondary N) is 2. The molecule has 1 rings (SSSR count). The molecule has 0 atom stereocenters. The lowest BCUT2D eigenvalue weighted by Crippen LogP contribution is -2.30. The van der Waals surface area contributed by atoms with Crippen molar-refractivity contribution in [1.29, 1.82) is 0 Å². The summed E-state index contributed by atoms with van der Waals surface area (Å²) < 4.78 is 27.7. The van der Waals surface area contributed by atoms with Crippen LogP contribution < -0.4 is 15.2 Å². The average Bonchev–Trinajstić information content (AvgIpc) is 2.19. The zero-order chi connectivity index (χ0) is 12.2. The Labute approximate surface area is 100 Å². The molecule has 0 aliphatic carbocycles. The number of hydrogen-bond donors (Lipinski definition) is 3. The molecule has 7 heteroatoms. The van der Waals surface area contributed by atoms with Gasteiger partial charge in [0.2, 0.25) is 0 Å². The second-order valence-electron chi connectivity index (χ2n) is 3.23. The lowest BCUT2D eigenvalue weighted by atomic mass is 10.3. The molecule has 5 nitrogen and oxygen atoms in total. The van der Waals surface area contributed by atoms with Crippen molar-refractivity contribution in [1.82, 2.24) is 4.72 Å². The topological polar surface area (TPSA) is 84.2 Å². The Morgan fingerprint density at radius 2 is 2.12 bits per heavy atom. The summed E-state index contributed by atoms with van der Waals surface area (Å²) in [5.41, 5.74) is 6.22. The van der Waals surface area contributed by atoms with Crippen molar-refractivity contribution in [2.24, 2.45) is 0 Å². The standard InChI is InChI=1S/C9H14ClN3O2S/c1-2-5-12-16(14,15)13-9-4-3-7(10)6-8(9)11/h3-4,6,12-13H,2,5,11H2,1H3. The van der Waals surface area contributed by atoms with Crippen LogP contribution in [0.15, 0.2) is 18.2 Å². The highest BCUT2D eigenvalue weighted by Gasteiger charge is 2.10. The zero-order valence-corrected chi connectivity index (χ0v) is 10.4. The molecule has 0 radical (unpaired) electrons. The van der Waals surface area contributed by atoms with E-state index in [1.165, 1.54) is 12.1 Å². The van der Waals surface area contributed by atoms with E-state index in [2.05, 4.69) is 9.44 Å². The molecule has 0 spiro atoms. The molecule has 0 saturated carbocycles. The Balaban J connectivity index is 2.80. The van der Waals surface area contributed by atoms with Crippen LogP contribution in [0.4, 0.5) is 11.4 Å². The monoisotopic (exact) mass is 263 g/mol. The van der Waals surface area contributed by atoms with Gasteiger partial charge in [-0.1, -0.05) is 18.5 Å². The Hall–Kier alpha value is -0.980. The minimum Gasteiger partial charge on any atom is -0.397 e. The SMILES string of the molecule is CCCNS(=O)(=O)Nc1ccc(Cl)cc1N. The van der Waals surface area contributed by atoms with Gasteiger partial charge in [-0.25, -0.2) is 0 Å². The third-order valence-corrected chi connectivity index (χ3v) is 3.11. The first-order valence-corrected chi connectivity index (χ1v) is 6.63. The van der Waals surface area contributed by atoms with Gasteiger partial charge in [0.15, 0.2) is 0 Å². The summed E-state index contributed by atoms with van der Waals surface area (Å²) in [7, 11) is -3.56. The molecule has 0 saturated heterocycles. The van der Waals surface area contributed by atoms with Gasteiger partial charge in [0, 0.05) is 11.6 Å². The molecule has 0 fully saturated rings. The Bertz CT molecular complexity index is 462. The highest BCUT2D eigenvalue weighted by Crippen LogP contribution is 2.23. The molecule has 90 valence electrons. The van der Waals surface area contributed by atoms with Crippen LogP contribution in [0.5, 0.6) is 0 Å². The molecule has 0 heterocycles. The van der Waals surface area contributed by atoms with Crippen LogP contribution >= 0.6 is 11.6 Å². The Morgan fingerprint density at radius 1 is 1.44 bits per heavy atom. The van der Waals surface area contributed by atoms with Gasteiger partial charge in [0.05, 0.1) is 11.4 Å². The van der Waals surface area contributed by atoms with E-state index in [1.807, 2.05) is 6.92 Å². The normalized spacial score (nSPS) is 11.4. The molecule has 0 aromatic heterocycles. The van der Waals surface area contributed by atoms with Crippen molar-refractivity contribution in [3.63, 3.8) is 0 Å². The first-order valence-electron chi connectivity index (χ1n) is 4.77. The van der Waals surface area contributed by atoms with Crippen LogP contribution in [0.25, 0.3) is 0 Å². The van der Waals surface area contributed by atoms with Crippen molar-refractivity contribution in [2.45, 2.75) is 13.3 Å². The van der Waals surface area contributed by atoms with Gasteiger partial charge in [-0.15, -0.1) is 0 Å². The molecule has 16 heavy (non-hydrogen) atoms. The largest absolute Gasteiger partial charge is 0.397 e. The zero-order valence-electron chi connectivity index (χ0n) is 8.83. The fraction of sp³-hybridized carbons (Fsp3) is 0.333. The molecule has 1 aromatic rings. The predicted octanol–water partition coefficient (Wildman–Crippen LogP) is 1.58. The first-order chi connectivity index (χ1) is 7.44. The summed E-state index contributed by atoms with van der Waals surface area (Å²) in [6, 6.07) is 4.57. The Kier molecular flexibility index (Phi) is 4.40. The highest BCUT2D eigenvalue weighted by atomic mass is 35.5. The number of anilines is 2. The van der Waals surface area contributed by atoms with Crippen LogP contribution in [0.3, 0.4) is 0 Å². The smallest absolute Gasteiger partial charge is 0.299 e. The number of nitrogens with two attached hydrogens (primary N) is 1. The molecule has 0 unspecified atom stereocenters. The molecule has 1 aromatic carbocycles. The number of rotatable bonds is 5. The molecule has 4 N–H and O–H groups in total.